The fraction of sp³-hybridized carbons (Fsp3) is 0.372. The molecule has 1 saturated heterocycles. The van der Waals surface area contributed by atoms with Crippen molar-refractivity contribution in [2.45, 2.75) is 104 Å². The largest absolute Gasteiger partial charge is 0.483 e. The smallest absolute Gasteiger partial charge is 0.413 e. The Morgan fingerprint density at radius 3 is 2.12 bits per heavy atom. The van der Waals surface area contributed by atoms with Crippen molar-refractivity contribution < 1.29 is 56.0 Å². The molecule has 24 heteroatoms. The molecule has 5 aromatic rings. The molecule has 2 aromatic carbocycles. The SMILES string of the molecule is CC(C)(C)OC(=O)Nc1nc(/C(=N/OC(C)(C)C(=O)OC(C)(C)C)C(=O)N[C@@H]2C(=O)N(S(=O)(=O)O)[C@@H]2Cn2cc(-c3cc(=O)c(OCc4ccccc4)cn3OCc3ccccc3)nn2)cs1. The second-order valence-electron chi connectivity index (χ2n) is 17.4. The van der Waals surface area contributed by atoms with E-state index in [-0.39, 0.29) is 45.5 Å². The number of oxime groups is 1. The van der Waals surface area contributed by atoms with E-state index < -0.39 is 80.8 Å². The minimum atomic E-state index is -5.20. The summed E-state index contributed by atoms with van der Waals surface area (Å²) in [6.45, 7) is 12.2. The molecule has 3 amide bonds. The lowest BCUT2D eigenvalue weighted by atomic mass is 9.98. The molecule has 1 aliphatic rings. The van der Waals surface area contributed by atoms with Crippen molar-refractivity contribution in [3.63, 3.8) is 0 Å². The fourth-order valence-electron chi connectivity index (χ4n) is 6.03. The maximum absolute atomic E-state index is 14.1. The van der Waals surface area contributed by atoms with E-state index in [1.807, 2.05) is 60.7 Å². The van der Waals surface area contributed by atoms with Crippen LogP contribution in [0.3, 0.4) is 0 Å². The third-order valence-corrected chi connectivity index (χ3v) is 10.8. The third-order valence-electron chi connectivity index (χ3n) is 9.14. The maximum Gasteiger partial charge on any atom is 0.413 e. The number of hydrogen-bond donors (Lipinski definition) is 3. The molecule has 4 heterocycles. The summed E-state index contributed by atoms with van der Waals surface area (Å²) in [4.78, 5) is 82.3. The van der Waals surface area contributed by atoms with Crippen LogP contribution >= 0.6 is 11.3 Å². The average Bonchev–Trinajstić information content (AvgIpc) is 3.90. The van der Waals surface area contributed by atoms with Crippen LogP contribution in [0.4, 0.5) is 9.93 Å². The molecule has 0 radical (unpaired) electrons. The van der Waals surface area contributed by atoms with Crippen LogP contribution < -0.4 is 25.6 Å². The van der Waals surface area contributed by atoms with E-state index in [0.717, 1.165) is 27.1 Å². The van der Waals surface area contributed by atoms with E-state index in [1.54, 1.807) is 41.5 Å². The number of amides is 3. The van der Waals surface area contributed by atoms with Gasteiger partial charge in [0, 0.05) is 11.4 Å². The molecule has 67 heavy (non-hydrogen) atoms. The van der Waals surface area contributed by atoms with Crippen molar-refractivity contribution in [2.75, 3.05) is 5.32 Å². The lowest BCUT2D eigenvalue weighted by molar-refractivity contribution is -0.179. The molecule has 0 unspecified atom stereocenters. The number of nitrogens with zero attached hydrogens (tertiary/aromatic N) is 7. The molecule has 0 bridgehead atoms. The van der Waals surface area contributed by atoms with E-state index in [1.165, 1.54) is 42.4 Å². The molecule has 22 nitrogen and oxygen atoms in total. The van der Waals surface area contributed by atoms with Gasteiger partial charge in [-0.25, -0.2) is 23.6 Å². The number of β-lactam (4-membered cyclic amide) rings is 1. The van der Waals surface area contributed by atoms with Crippen LogP contribution in [0, 0.1) is 0 Å². The van der Waals surface area contributed by atoms with Gasteiger partial charge in [-0.1, -0.05) is 71.0 Å². The Kier molecular flexibility index (Phi) is 14.5. The highest BCUT2D eigenvalue weighted by molar-refractivity contribution is 7.84. The van der Waals surface area contributed by atoms with Crippen molar-refractivity contribution in [2.24, 2.45) is 5.16 Å². The number of aromatic nitrogens is 5. The molecule has 1 aliphatic heterocycles. The van der Waals surface area contributed by atoms with Gasteiger partial charge in [-0.3, -0.25) is 24.3 Å². The molecular weight excluding hydrogens is 915 g/mol. The zero-order chi connectivity index (χ0) is 48.9. The van der Waals surface area contributed by atoms with E-state index in [9.17, 15) is 36.9 Å². The Morgan fingerprint density at radius 1 is 0.881 bits per heavy atom. The van der Waals surface area contributed by atoms with E-state index in [2.05, 4.69) is 31.1 Å². The summed E-state index contributed by atoms with van der Waals surface area (Å²) < 4.78 is 54.3. The normalized spacial score (nSPS) is 15.6. The van der Waals surface area contributed by atoms with Gasteiger partial charge in [-0.05, 0) is 66.5 Å². The van der Waals surface area contributed by atoms with Gasteiger partial charge >= 0.3 is 22.4 Å². The van der Waals surface area contributed by atoms with Gasteiger partial charge in [-0.15, -0.1) is 16.4 Å². The van der Waals surface area contributed by atoms with Crippen molar-refractivity contribution in [3.8, 4) is 17.1 Å². The number of nitrogens with one attached hydrogen (secondary N) is 2. The fourth-order valence-corrected chi connectivity index (χ4v) is 7.59. The summed E-state index contributed by atoms with van der Waals surface area (Å²) in [6, 6.07) is 16.5. The Balaban J connectivity index is 1.28. The van der Waals surface area contributed by atoms with Gasteiger partial charge in [0.1, 0.15) is 47.5 Å². The third kappa shape index (κ3) is 13.0. The standard InChI is InChI=1S/C43H49N9O13S2/c1-41(2,3)63-38(56)43(7,8)65-48-34(29-25-66-39(44-29)46-40(57)64-42(4,5)6)36(54)45-35-31(52(37(35)55)67(58,59)60)21-50-20-28(47-49-50)30-19-32(53)33(61-23-26-15-11-9-12-16-26)22-51(30)62-24-27-17-13-10-14-18-27/h9-20,22,25,31,35H,21,23-24H2,1-8H3,(H,45,54)(H,44,46,57)(H,58,59,60)/b48-34-/t31-,35+/m1/s1. The predicted octanol–water partition coefficient (Wildman–Crippen LogP) is 4.16. The van der Waals surface area contributed by atoms with Gasteiger partial charge in [0.15, 0.2) is 16.6 Å². The lowest BCUT2D eigenvalue weighted by Crippen LogP contribution is -2.73. The van der Waals surface area contributed by atoms with Crippen LogP contribution in [0.25, 0.3) is 11.4 Å². The summed E-state index contributed by atoms with van der Waals surface area (Å²) in [5.74, 6) is -3.24. The molecule has 1 fully saturated rings. The second-order valence-corrected chi connectivity index (χ2v) is 19.6. The Hall–Kier alpha value is -7.18. The van der Waals surface area contributed by atoms with Crippen LogP contribution in [-0.4, -0.2) is 100 Å². The Morgan fingerprint density at radius 2 is 1.51 bits per heavy atom. The molecule has 3 aromatic heterocycles. The van der Waals surface area contributed by atoms with Crippen LogP contribution in [0.15, 0.2) is 94.5 Å². The minimum absolute atomic E-state index is 0.0291. The number of anilines is 1. The highest BCUT2D eigenvalue weighted by Crippen LogP contribution is 2.27. The Bertz CT molecular complexity index is 2810. The van der Waals surface area contributed by atoms with Gasteiger partial charge in [0.05, 0.1) is 25.0 Å². The summed E-state index contributed by atoms with van der Waals surface area (Å²) in [5.41, 5.74) is -3.04. The molecule has 2 atom stereocenters. The van der Waals surface area contributed by atoms with E-state index in [0.29, 0.717) is 0 Å². The first-order chi connectivity index (χ1) is 31.4. The number of carbonyl (C=O) groups excluding carboxylic acids is 4. The van der Waals surface area contributed by atoms with Crippen molar-refractivity contribution in [1.29, 1.82) is 0 Å². The summed E-state index contributed by atoms with van der Waals surface area (Å²) in [5, 5.41) is 18.3. The summed E-state index contributed by atoms with van der Waals surface area (Å²) in [7, 11) is -5.20. The van der Waals surface area contributed by atoms with E-state index in [4.69, 9.17) is 23.9 Å². The van der Waals surface area contributed by atoms with Gasteiger partial charge in [0.2, 0.25) is 11.0 Å². The van der Waals surface area contributed by atoms with Crippen molar-refractivity contribution in [3.05, 3.63) is 112 Å². The number of pyridine rings is 1. The number of benzene rings is 2. The highest BCUT2D eigenvalue weighted by Gasteiger charge is 2.54. The molecule has 6 rings (SSSR count). The first-order valence-corrected chi connectivity index (χ1v) is 22.7. The van der Waals surface area contributed by atoms with Gasteiger partial charge in [0.25, 0.3) is 11.8 Å². The zero-order valence-corrected chi connectivity index (χ0v) is 39.3. The minimum Gasteiger partial charge on any atom is -0.483 e. The van der Waals surface area contributed by atoms with Gasteiger partial charge < -0.3 is 29.2 Å². The summed E-state index contributed by atoms with van der Waals surface area (Å²) >= 11 is 0.874. The first kappa shape index (κ1) is 49.3. The predicted molar refractivity (Wildman–Crippen MR) is 241 cm³/mol. The number of rotatable bonds is 17. The number of esters is 1. The molecular formula is C43H49N9O13S2. The van der Waals surface area contributed by atoms with Crippen LogP contribution in [0.2, 0.25) is 0 Å². The molecule has 0 spiro atoms. The second kappa shape index (κ2) is 19.7. The quantitative estimate of drug-likeness (QED) is 0.0388. The molecule has 0 saturated carbocycles. The number of ether oxygens (including phenoxy) is 3. The van der Waals surface area contributed by atoms with Crippen LogP contribution in [0.1, 0.15) is 72.2 Å². The highest BCUT2D eigenvalue weighted by atomic mass is 32.2. The van der Waals surface area contributed by atoms with Crippen molar-refractivity contribution >= 4 is 56.4 Å². The number of hydrogen-bond acceptors (Lipinski definition) is 17. The Labute approximate surface area is 388 Å². The number of carbonyl (C=O) groups is 4. The molecule has 0 aliphatic carbocycles. The van der Waals surface area contributed by atoms with Crippen molar-refractivity contribution in [1.82, 2.24) is 34.3 Å². The molecule has 3 N–H and O–H groups in total. The van der Waals surface area contributed by atoms with Gasteiger partial charge in [-0.2, -0.15) is 13.1 Å². The van der Waals surface area contributed by atoms with Crippen LogP contribution in [0.5, 0.6) is 5.75 Å². The number of thiazole rings is 1. The maximum atomic E-state index is 14.1. The monoisotopic (exact) mass is 963 g/mol. The average molecular weight is 964 g/mol. The zero-order valence-electron chi connectivity index (χ0n) is 37.7. The lowest BCUT2D eigenvalue weighted by Gasteiger charge is -2.43. The topological polar surface area (TPSA) is 274 Å². The summed E-state index contributed by atoms with van der Waals surface area (Å²) in [6.07, 6.45) is 1.84. The van der Waals surface area contributed by atoms with E-state index >= 15 is 0 Å². The van der Waals surface area contributed by atoms with Crippen LogP contribution in [-0.2, 0) is 58.8 Å². The molecule has 356 valence electrons. The first-order valence-electron chi connectivity index (χ1n) is 20.4.